The van der Waals surface area contributed by atoms with Crippen LogP contribution in [0.1, 0.15) is 16.0 Å². The van der Waals surface area contributed by atoms with E-state index in [9.17, 15) is 4.79 Å². The largest absolute Gasteiger partial charge is 0.493 e. The van der Waals surface area contributed by atoms with Gasteiger partial charge < -0.3 is 18.9 Å². The van der Waals surface area contributed by atoms with Crippen LogP contribution < -0.4 is 18.9 Å². The molecule has 1 aromatic heterocycles. The zero-order chi connectivity index (χ0) is 28.1. The Kier molecular flexibility index (Phi) is 8.32. The molecule has 2 aromatic carbocycles. The Morgan fingerprint density at radius 1 is 1.00 bits per heavy atom. The molecule has 3 aromatic rings. The van der Waals surface area contributed by atoms with E-state index in [0.717, 1.165) is 16.9 Å². The summed E-state index contributed by atoms with van der Waals surface area (Å²) in [6, 6.07) is 14.9. The van der Waals surface area contributed by atoms with E-state index >= 15 is 0 Å². The number of methoxy groups -OCH3 is 2. The standard InChI is InChI=1S/C29H26N4O5S2/c1-4-6-18-8-10-21(23(16-18)35-2)37-12-13-38-22-11-9-19(17-24(22)36-3)15-20-26(30)33-29(31-27(20)34)40-28(32-33)25-7-5-14-39-25/h4-5,7-11,14-17,30H,1,6,12-13H2,2-3H3/b20-15-,30-26?. The number of aliphatic imine (C=N–C) groups is 1. The molecule has 40 heavy (non-hydrogen) atoms. The Labute approximate surface area is 239 Å². The van der Waals surface area contributed by atoms with Crippen molar-refractivity contribution in [2.75, 3.05) is 27.4 Å². The molecule has 0 spiro atoms. The second kappa shape index (κ2) is 12.2. The van der Waals surface area contributed by atoms with E-state index in [1.807, 2.05) is 41.8 Å². The number of allylic oxidation sites excluding steroid dienone is 1. The van der Waals surface area contributed by atoms with Crippen molar-refractivity contribution in [3.8, 4) is 23.0 Å². The first-order valence-electron chi connectivity index (χ1n) is 12.3. The van der Waals surface area contributed by atoms with Crippen LogP contribution in [0.2, 0.25) is 0 Å². The van der Waals surface area contributed by atoms with Gasteiger partial charge in [-0.1, -0.05) is 24.3 Å². The molecule has 5 rings (SSSR count). The maximum Gasteiger partial charge on any atom is 0.283 e. The van der Waals surface area contributed by atoms with Gasteiger partial charge in [-0.3, -0.25) is 10.2 Å². The molecule has 0 unspecified atom stereocenters. The van der Waals surface area contributed by atoms with Crippen molar-refractivity contribution in [2.24, 2.45) is 10.1 Å². The van der Waals surface area contributed by atoms with Gasteiger partial charge in [0.2, 0.25) is 5.17 Å². The number of hydrazone groups is 1. The third kappa shape index (κ3) is 5.80. The number of hydrogen-bond acceptors (Lipinski definition) is 9. The van der Waals surface area contributed by atoms with Crippen molar-refractivity contribution in [1.29, 1.82) is 5.41 Å². The summed E-state index contributed by atoms with van der Waals surface area (Å²) >= 11 is 2.82. The molecule has 1 N–H and O–H groups in total. The first-order chi connectivity index (χ1) is 19.5. The van der Waals surface area contributed by atoms with E-state index in [0.29, 0.717) is 45.4 Å². The molecule has 0 fully saturated rings. The van der Waals surface area contributed by atoms with Crippen LogP contribution in [-0.2, 0) is 11.2 Å². The van der Waals surface area contributed by atoms with Gasteiger partial charge in [0.1, 0.15) is 18.3 Å². The summed E-state index contributed by atoms with van der Waals surface area (Å²) in [5.41, 5.74) is 1.88. The third-order valence-electron chi connectivity index (χ3n) is 5.89. The van der Waals surface area contributed by atoms with E-state index < -0.39 is 5.91 Å². The number of nitrogens with one attached hydrogen (secondary N) is 1. The molecule has 2 aliphatic heterocycles. The molecule has 204 valence electrons. The van der Waals surface area contributed by atoms with E-state index in [4.69, 9.17) is 24.4 Å². The normalized spacial score (nSPS) is 15.4. The smallest absolute Gasteiger partial charge is 0.283 e. The number of carbonyl (C=O) groups is 1. The lowest BCUT2D eigenvalue weighted by atomic mass is 10.1. The van der Waals surface area contributed by atoms with Gasteiger partial charge in [0, 0.05) is 0 Å². The maximum absolute atomic E-state index is 12.8. The van der Waals surface area contributed by atoms with E-state index in [1.165, 1.54) is 23.9 Å². The topological polar surface area (TPSA) is 106 Å². The summed E-state index contributed by atoms with van der Waals surface area (Å²) in [5, 5.41) is 17.5. The summed E-state index contributed by atoms with van der Waals surface area (Å²) in [6.45, 7) is 4.32. The molecule has 9 nitrogen and oxygen atoms in total. The van der Waals surface area contributed by atoms with Gasteiger partial charge >= 0.3 is 0 Å². The minimum Gasteiger partial charge on any atom is -0.493 e. The maximum atomic E-state index is 12.8. The third-order valence-corrected chi connectivity index (χ3v) is 7.84. The van der Waals surface area contributed by atoms with E-state index in [1.54, 1.807) is 42.7 Å². The van der Waals surface area contributed by atoms with Crippen LogP contribution in [0.3, 0.4) is 0 Å². The summed E-state index contributed by atoms with van der Waals surface area (Å²) in [7, 11) is 3.14. The van der Waals surface area contributed by atoms with Crippen molar-refractivity contribution >= 4 is 51.1 Å². The highest BCUT2D eigenvalue weighted by Gasteiger charge is 2.36. The number of thioether (sulfide) groups is 1. The first kappa shape index (κ1) is 27.2. The molecule has 0 radical (unpaired) electrons. The highest BCUT2D eigenvalue weighted by Crippen LogP contribution is 2.34. The number of nitrogens with zero attached hydrogens (tertiary/aromatic N) is 3. The zero-order valence-electron chi connectivity index (χ0n) is 21.9. The number of benzene rings is 2. The van der Waals surface area contributed by atoms with Crippen molar-refractivity contribution in [2.45, 2.75) is 6.42 Å². The molecular weight excluding hydrogens is 548 g/mol. The average molecular weight is 575 g/mol. The van der Waals surface area contributed by atoms with Crippen molar-refractivity contribution in [1.82, 2.24) is 5.01 Å². The number of amidine groups is 2. The van der Waals surface area contributed by atoms with Crippen LogP contribution in [0.15, 0.2) is 82.2 Å². The van der Waals surface area contributed by atoms with Crippen LogP contribution in [0, 0.1) is 5.41 Å². The predicted molar refractivity (Wildman–Crippen MR) is 159 cm³/mol. The Balaban J connectivity index is 1.25. The van der Waals surface area contributed by atoms with Crippen LogP contribution in [0.5, 0.6) is 23.0 Å². The molecule has 0 aliphatic carbocycles. The van der Waals surface area contributed by atoms with Crippen molar-refractivity contribution in [3.63, 3.8) is 0 Å². The van der Waals surface area contributed by atoms with Crippen LogP contribution in [-0.4, -0.2) is 54.4 Å². The number of amides is 1. The minimum atomic E-state index is -0.490. The van der Waals surface area contributed by atoms with Gasteiger partial charge in [0.15, 0.2) is 28.8 Å². The molecular formula is C29H26N4O5S2. The molecule has 3 heterocycles. The van der Waals surface area contributed by atoms with Crippen LogP contribution in [0.4, 0.5) is 0 Å². The first-order valence-corrected chi connectivity index (χ1v) is 14.0. The Bertz CT molecular complexity index is 1550. The van der Waals surface area contributed by atoms with Gasteiger partial charge in [0.05, 0.1) is 24.7 Å². The average Bonchev–Trinajstić information content (AvgIpc) is 3.65. The van der Waals surface area contributed by atoms with Gasteiger partial charge in [-0.05, 0) is 71.1 Å². The lowest BCUT2D eigenvalue weighted by molar-refractivity contribution is -0.114. The second-order valence-electron chi connectivity index (χ2n) is 8.49. The molecule has 0 saturated carbocycles. The number of ether oxygens (including phenoxy) is 4. The lowest BCUT2D eigenvalue weighted by Gasteiger charge is -2.20. The summed E-state index contributed by atoms with van der Waals surface area (Å²) in [6.07, 6.45) is 4.19. The van der Waals surface area contributed by atoms with Crippen molar-refractivity contribution in [3.05, 3.63) is 88.1 Å². The fourth-order valence-corrected chi connectivity index (χ4v) is 5.66. The molecule has 0 atom stereocenters. The summed E-state index contributed by atoms with van der Waals surface area (Å²) in [5.74, 6) is 1.76. The second-order valence-corrected chi connectivity index (χ2v) is 10.4. The number of carbonyl (C=O) groups excluding carboxylic acids is 1. The quantitative estimate of drug-likeness (QED) is 0.180. The van der Waals surface area contributed by atoms with Gasteiger partial charge in [-0.25, -0.2) is 0 Å². The van der Waals surface area contributed by atoms with E-state index in [2.05, 4.69) is 16.7 Å². The highest BCUT2D eigenvalue weighted by molar-refractivity contribution is 8.27. The van der Waals surface area contributed by atoms with E-state index in [-0.39, 0.29) is 18.0 Å². The van der Waals surface area contributed by atoms with Gasteiger partial charge in [-0.15, -0.1) is 17.9 Å². The minimum absolute atomic E-state index is 0.0292. The summed E-state index contributed by atoms with van der Waals surface area (Å²) in [4.78, 5) is 17.9. The molecule has 1 amide bonds. The fourth-order valence-electron chi connectivity index (χ4n) is 3.98. The molecule has 11 heteroatoms. The monoisotopic (exact) mass is 574 g/mol. The summed E-state index contributed by atoms with van der Waals surface area (Å²) < 4.78 is 22.7. The Morgan fingerprint density at radius 2 is 1.73 bits per heavy atom. The van der Waals surface area contributed by atoms with Crippen molar-refractivity contribution < 1.29 is 23.7 Å². The van der Waals surface area contributed by atoms with Gasteiger partial charge in [0.25, 0.3) is 5.91 Å². The molecule has 2 aliphatic rings. The fraction of sp³-hybridized carbons (Fsp3) is 0.172. The number of rotatable bonds is 11. The van der Waals surface area contributed by atoms with Crippen LogP contribution >= 0.6 is 23.1 Å². The Morgan fingerprint density at radius 3 is 2.40 bits per heavy atom. The number of fused-ring (bicyclic) bond motifs is 1. The van der Waals surface area contributed by atoms with Crippen LogP contribution in [0.25, 0.3) is 6.08 Å². The lowest BCUT2D eigenvalue weighted by Crippen LogP contribution is -2.35. The number of hydrogen-bond donors (Lipinski definition) is 1. The molecule has 0 bridgehead atoms. The Hall–Kier alpha value is -4.35. The zero-order valence-corrected chi connectivity index (χ0v) is 23.5. The predicted octanol–water partition coefficient (Wildman–Crippen LogP) is 5.62. The number of thiophene rings is 1. The molecule has 0 saturated heterocycles. The van der Waals surface area contributed by atoms with Gasteiger partial charge in [-0.2, -0.15) is 15.1 Å². The highest BCUT2D eigenvalue weighted by atomic mass is 32.2. The SMILES string of the molecule is C=CCc1ccc(OCCOc2ccc(/C=C3/C(=N)N4N=C(c5cccs5)SC4=NC3=O)cc2OC)c(OC)c1.